The van der Waals surface area contributed by atoms with E-state index in [4.69, 9.17) is 5.10 Å². The summed E-state index contributed by atoms with van der Waals surface area (Å²) in [4.78, 5) is 27.5. The first-order valence-electron chi connectivity index (χ1n) is 14.0. The highest BCUT2D eigenvalue weighted by Crippen LogP contribution is 2.35. The van der Waals surface area contributed by atoms with Gasteiger partial charge in [0.2, 0.25) is 0 Å². The van der Waals surface area contributed by atoms with E-state index in [0.717, 1.165) is 21.7 Å². The topological polar surface area (TPSA) is 92.5 Å². The number of rotatable bonds is 10. The summed E-state index contributed by atoms with van der Waals surface area (Å²) in [7, 11) is 0. The lowest BCUT2D eigenvalue weighted by molar-refractivity contribution is -0.130. The molecule has 1 atom stereocenters. The molecule has 2 aromatic heterocycles. The standard InChI is InChI=1S/C33H30N6O2S2/c1-23-14-16-25(17-15-23)28-19-27(29-13-8-18-42-29)37-39(28)31(40)22-43-33-36-35-30(38(33)21-24-9-4-2-5-10-24)20-34-32(41)26-11-6-3-7-12-26/h2-18,28H,19-22H2,1H3,(H,34,41)/t28-/m0/s1. The Kier molecular flexibility index (Phi) is 8.76. The van der Waals surface area contributed by atoms with E-state index in [1.807, 2.05) is 70.6 Å². The van der Waals surface area contributed by atoms with Gasteiger partial charge in [0, 0.05) is 12.0 Å². The summed E-state index contributed by atoms with van der Waals surface area (Å²) in [6.07, 6.45) is 0.662. The Morgan fingerprint density at radius 3 is 2.40 bits per heavy atom. The maximum absolute atomic E-state index is 13.7. The Labute approximate surface area is 258 Å². The summed E-state index contributed by atoms with van der Waals surface area (Å²) < 4.78 is 1.96. The molecule has 1 aliphatic rings. The van der Waals surface area contributed by atoms with E-state index in [1.165, 1.54) is 17.3 Å². The number of nitrogens with zero attached hydrogens (tertiary/aromatic N) is 5. The third-order valence-corrected chi connectivity index (χ3v) is 9.05. The fourth-order valence-electron chi connectivity index (χ4n) is 4.90. The lowest BCUT2D eigenvalue weighted by Crippen LogP contribution is -2.28. The molecular formula is C33H30N6O2S2. The van der Waals surface area contributed by atoms with Gasteiger partial charge in [-0.3, -0.25) is 9.59 Å². The molecule has 0 fully saturated rings. The Balaban J connectivity index is 1.21. The highest BCUT2D eigenvalue weighted by molar-refractivity contribution is 7.99. The summed E-state index contributed by atoms with van der Waals surface area (Å²) in [6, 6.07) is 31.2. The van der Waals surface area contributed by atoms with Gasteiger partial charge in [-0.05, 0) is 41.6 Å². The fraction of sp³-hybridized carbons (Fsp3) is 0.182. The minimum atomic E-state index is -0.185. The average Bonchev–Trinajstić information content (AvgIpc) is 3.81. The van der Waals surface area contributed by atoms with Crippen molar-refractivity contribution >= 4 is 40.6 Å². The van der Waals surface area contributed by atoms with Gasteiger partial charge in [0.15, 0.2) is 11.0 Å². The predicted octanol–water partition coefficient (Wildman–Crippen LogP) is 6.10. The zero-order chi connectivity index (χ0) is 29.6. The van der Waals surface area contributed by atoms with Crippen LogP contribution in [-0.2, 0) is 17.9 Å². The van der Waals surface area contributed by atoms with Crippen molar-refractivity contribution in [3.63, 3.8) is 0 Å². The van der Waals surface area contributed by atoms with Crippen molar-refractivity contribution in [1.29, 1.82) is 0 Å². The lowest BCUT2D eigenvalue weighted by atomic mass is 10.00. The first-order valence-corrected chi connectivity index (χ1v) is 15.8. The van der Waals surface area contributed by atoms with Crippen LogP contribution >= 0.6 is 23.1 Å². The van der Waals surface area contributed by atoms with Crippen molar-refractivity contribution in [3.8, 4) is 0 Å². The first kappa shape index (κ1) is 28.6. The SMILES string of the molecule is Cc1ccc([C@@H]2CC(c3cccs3)=NN2C(=O)CSc2nnc(CNC(=O)c3ccccc3)n2Cc2ccccc2)cc1. The maximum atomic E-state index is 13.7. The molecule has 0 spiro atoms. The van der Waals surface area contributed by atoms with Crippen LogP contribution in [0.4, 0.5) is 0 Å². The quantitative estimate of drug-likeness (QED) is 0.194. The van der Waals surface area contributed by atoms with E-state index in [-0.39, 0.29) is 30.2 Å². The lowest BCUT2D eigenvalue weighted by Gasteiger charge is -2.22. The number of amides is 2. The zero-order valence-electron chi connectivity index (χ0n) is 23.6. The Morgan fingerprint density at radius 1 is 0.930 bits per heavy atom. The number of carbonyl (C=O) groups is 2. The number of hydrogen-bond acceptors (Lipinski definition) is 7. The number of aromatic nitrogens is 3. The van der Waals surface area contributed by atoms with Gasteiger partial charge in [-0.1, -0.05) is 96.2 Å². The van der Waals surface area contributed by atoms with E-state index in [0.29, 0.717) is 29.5 Å². The van der Waals surface area contributed by atoms with Gasteiger partial charge >= 0.3 is 0 Å². The molecule has 0 unspecified atom stereocenters. The van der Waals surface area contributed by atoms with Gasteiger partial charge in [0.05, 0.1) is 35.5 Å². The Bertz CT molecular complexity index is 1720. The molecule has 2 amide bonds. The normalized spacial score (nSPS) is 14.5. The van der Waals surface area contributed by atoms with E-state index < -0.39 is 0 Å². The van der Waals surface area contributed by atoms with Crippen LogP contribution in [0.3, 0.4) is 0 Å². The summed E-state index contributed by atoms with van der Waals surface area (Å²) in [5.41, 5.74) is 4.79. The molecule has 0 saturated carbocycles. The predicted molar refractivity (Wildman–Crippen MR) is 170 cm³/mol. The van der Waals surface area contributed by atoms with Gasteiger partial charge in [0.1, 0.15) is 0 Å². The van der Waals surface area contributed by atoms with Gasteiger partial charge in [0.25, 0.3) is 11.8 Å². The van der Waals surface area contributed by atoms with Crippen molar-refractivity contribution in [1.82, 2.24) is 25.1 Å². The van der Waals surface area contributed by atoms with Crippen LogP contribution in [0.25, 0.3) is 0 Å². The second-order valence-corrected chi connectivity index (χ2v) is 12.1. The highest BCUT2D eigenvalue weighted by Gasteiger charge is 2.33. The van der Waals surface area contributed by atoms with Crippen LogP contribution < -0.4 is 5.32 Å². The average molecular weight is 607 g/mol. The number of thioether (sulfide) groups is 1. The third-order valence-electron chi connectivity index (χ3n) is 7.18. The number of carbonyl (C=O) groups excluding carboxylic acids is 2. The molecule has 8 nitrogen and oxygen atoms in total. The van der Waals surface area contributed by atoms with Crippen LogP contribution in [0.15, 0.2) is 113 Å². The van der Waals surface area contributed by atoms with Crippen LogP contribution in [0.5, 0.6) is 0 Å². The number of hydrazone groups is 1. The van der Waals surface area contributed by atoms with Crippen LogP contribution in [0, 0.1) is 6.92 Å². The minimum absolute atomic E-state index is 0.102. The molecule has 0 aliphatic carbocycles. The van der Waals surface area contributed by atoms with Crippen molar-refractivity contribution in [2.24, 2.45) is 5.10 Å². The fourth-order valence-corrected chi connectivity index (χ4v) is 6.43. The molecule has 3 aromatic carbocycles. The smallest absolute Gasteiger partial charge is 0.253 e. The second kappa shape index (κ2) is 13.2. The van der Waals surface area contributed by atoms with Gasteiger partial charge in [-0.15, -0.1) is 21.5 Å². The van der Waals surface area contributed by atoms with Gasteiger partial charge in [-0.2, -0.15) is 5.10 Å². The summed E-state index contributed by atoms with van der Waals surface area (Å²) in [5, 5.41) is 20.8. The van der Waals surface area contributed by atoms with Crippen molar-refractivity contribution < 1.29 is 9.59 Å². The Morgan fingerprint density at radius 2 is 1.67 bits per heavy atom. The molecule has 5 aromatic rings. The summed E-state index contributed by atoms with van der Waals surface area (Å²) in [5.74, 6) is 0.470. The largest absolute Gasteiger partial charge is 0.345 e. The van der Waals surface area contributed by atoms with E-state index >= 15 is 0 Å². The molecule has 1 aliphatic heterocycles. The van der Waals surface area contributed by atoms with Crippen molar-refractivity contribution in [2.45, 2.75) is 37.6 Å². The number of benzene rings is 3. The second-order valence-electron chi connectivity index (χ2n) is 10.2. The van der Waals surface area contributed by atoms with Crippen LogP contribution in [0.2, 0.25) is 0 Å². The molecule has 6 rings (SSSR count). The first-order chi connectivity index (χ1) is 21.0. The van der Waals surface area contributed by atoms with Crippen molar-refractivity contribution in [3.05, 3.63) is 135 Å². The maximum Gasteiger partial charge on any atom is 0.253 e. The highest BCUT2D eigenvalue weighted by atomic mass is 32.2. The molecule has 43 heavy (non-hydrogen) atoms. The zero-order valence-corrected chi connectivity index (χ0v) is 25.2. The Hall–Kier alpha value is -4.54. The molecule has 3 heterocycles. The molecule has 10 heteroatoms. The number of thiophene rings is 1. The van der Waals surface area contributed by atoms with Crippen LogP contribution in [-0.4, -0.2) is 43.1 Å². The third kappa shape index (κ3) is 6.76. The number of nitrogens with one attached hydrogen (secondary N) is 1. The number of hydrogen-bond donors (Lipinski definition) is 1. The molecule has 0 saturated heterocycles. The van der Waals surface area contributed by atoms with Gasteiger partial charge in [-0.25, -0.2) is 5.01 Å². The molecule has 1 N–H and O–H groups in total. The molecule has 216 valence electrons. The van der Waals surface area contributed by atoms with E-state index in [9.17, 15) is 9.59 Å². The molecular weight excluding hydrogens is 577 g/mol. The minimum Gasteiger partial charge on any atom is -0.345 e. The van der Waals surface area contributed by atoms with Gasteiger partial charge < -0.3 is 9.88 Å². The van der Waals surface area contributed by atoms with E-state index in [1.54, 1.807) is 28.5 Å². The van der Waals surface area contributed by atoms with E-state index in [2.05, 4.69) is 46.7 Å². The molecule has 0 radical (unpaired) electrons. The summed E-state index contributed by atoms with van der Waals surface area (Å²) >= 11 is 2.96. The number of aryl methyl sites for hydroxylation is 1. The summed E-state index contributed by atoms with van der Waals surface area (Å²) in [6.45, 7) is 2.77. The molecule has 0 bridgehead atoms. The monoisotopic (exact) mass is 606 g/mol. The van der Waals surface area contributed by atoms with Crippen LogP contribution in [0.1, 0.15) is 50.2 Å². The van der Waals surface area contributed by atoms with Crippen molar-refractivity contribution in [2.75, 3.05) is 5.75 Å².